The number of carbonyl (C=O) groups is 2. The maximum atomic E-state index is 12.0. The van der Waals surface area contributed by atoms with E-state index in [2.05, 4.69) is 0 Å². The number of nitrogens with zero attached hydrogens (tertiary/aromatic N) is 2. The first kappa shape index (κ1) is 15.5. The Kier molecular flexibility index (Phi) is 5.71. The lowest BCUT2D eigenvalue weighted by atomic mass is 10.2. The normalized spacial score (nSPS) is 15.9. The summed E-state index contributed by atoms with van der Waals surface area (Å²) in [5, 5.41) is 8.72. The third kappa shape index (κ3) is 5.17. The lowest BCUT2D eigenvalue weighted by Gasteiger charge is -2.33. The molecule has 0 radical (unpaired) electrons. The minimum atomic E-state index is -0.832. The SMILES string of the molecule is O=C(O)CN1CCN(C(=O)COCc2ccccc2)CC1. The fraction of sp³-hybridized carbons (Fsp3) is 0.467. The highest BCUT2D eigenvalue weighted by atomic mass is 16.5. The fourth-order valence-electron chi connectivity index (χ4n) is 2.27. The van der Waals surface area contributed by atoms with Gasteiger partial charge >= 0.3 is 5.97 Å². The Balaban J connectivity index is 1.67. The van der Waals surface area contributed by atoms with Crippen molar-refractivity contribution in [3.8, 4) is 0 Å². The third-order valence-corrected chi connectivity index (χ3v) is 3.42. The van der Waals surface area contributed by atoms with Gasteiger partial charge in [0.05, 0.1) is 13.2 Å². The predicted molar refractivity (Wildman–Crippen MR) is 76.8 cm³/mol. The van der Waals surface area contributed by atoms with E-state index in [0.717, 1.165) is 5.56 Å². The highest BCUT2D eigenvalue weighted by Gasteiger charge is 2.22. The molecule has 0 spiro atoms. The van der Waals surface area contributed by atoms with E-state index in [-0.39, 0.29) is 19.1 Å². The Labute approximate surface area is 123 Å². The number of aliphatic carboxylic acids is 1. The van der Waals surface area contributed by atoms with Crippen molar-refractivity contribution in [2.75, 3.05) is 39.3 Å². The van der Waals surface area contributed by atoms with E-state index >= 15 is 0 Å². The van der Waals surface area contributed by atoms with E-state index in [9.17, 15) is 9.59 Å². The Morgan fingerprint density at radius 3 is 2.38 bits per heavy atom. The van der Waals surface area contributed by atoms with Gasteiger partial charge in [0.15, 0.2) is 0 Å². The van der Waals surface area contributed by atoms with E-state index in [1.165, 1.54) is 0 Å². The molecule has 0 saturated carbocycles. The molecule has 2 rings (SSSR count). The number of carbonyl (C=O) groups excluding carboxylic acids is 1. The van der Waals surface area contributed by atoms with Gasteiger partial charge in [-0.3, -0.25) is 14.5 Å². The maximum Gasteiger partial charge on any atom is 0.317 e. The topological polar surface area (TPSA) is 70.1 Å². The number of hydrogen-bond donors (Lipinski definition) is 1. The van der Waals surface area contributed by atoms with Crippen molar-refractivity contribution in [1.82, 2.24) is 9.80 Å². The molecule has 1 aromatic carbocycles. The van der Waals surface area contributed by atoms with Crippen molar-refractivity contribution in [2.24, 2.45) is 0 Å². The number of ether oxygens (including phenoxy) is 1. The van der Waals surface area contributed by atoms with Gasteiger partial charge in [-0.2, -0.15) is 0 Å². The molecule has 1 fully saturated rings. The molecule has 1 aliphatic rings. The van der Waals surface area contributed by atoms with Crippen LogP contribution in [0.5, 0.6) is 0 Å². The summed E-state index contributed by atoms with van der Waals surface area (Å²) in [6.07, 6.45) is 0. The van der Waals surface area contributed by atoms with Gasteiger partial charge in [-0.05, 0) is 5.56 Å². The van der Waals surface area contributed by atoms with Gasteiger partial charge in [-0.25, -0.2) is 0 Å². The van der Waals surface area contributed by atoms with Crippen LogP contribution in [-0.2, 0) is 20.9 Å². The summed E-state index contributed by atoms with van der Waals surface area (Å²) >= 11 is 0. The minimum absolute atomic E-state index is 0.0343. The lowest BCUT2D eigenvalue weighted by molar-refractivity contribution is -0.140. The van der Waals surface area contributed by atoms with E-state index in [0.29, 0.717) is 32.8 Å². The van der Waals surface area contributed by atoms with Crippen molar-refractivity contribution in [3.63, 3.8) is 0 Å². The maximum absolute atomic E-state index is 12.0. The van der Waals surface area contributed by atoms with E-state index < -0.39 is 5.97 Å². The summed E-state index contributed by atoms with van der Waals surface area (Å²) in [7, 11) is 0. The average Bonchev–Trinajstić information content (AvgIpc) is 2.48. The summed E-state index contributed by atoms with van der Waals surface area (Å²) in [6.45, 7) is 2.82. The largest absolute Gasteiger partial charge is 0.480 e. The van der Waals surface area contributed by atoms with Gasteiger partial charge in [-0.1, -0.05) is 30.3 Å². The lowest BCUT2D eigenvalue weighted by Crippen LogP contribution is -2.50. The number of carboxylic acids is 1. The molecule has 6 nitrogen and oxygen atoms in total. The van der Waals surface area contributed by atoms with Crippen LogP contribution in [0.15, 0.2) is 30.3 Å². The average molecular weight is 292 g/mol. The van der Waals surface area contributed by atoms with Crippen molar-refractivity contribution >= 4 is 11.9 Å². The van der Waals surface area contributed by atoms with Gasteiger partial charge < -0.3 is 14.7 Å². The molecule has 0 atom stereocenters. The molecule has 1 aromatic rings. The van der Waals surface area contributed by atoms with E-state index in [4.69, 9.17) is 9.84 Å². The van der Waals surface area contributed by atoms with Gasteiger partial charge in [0.2, 0.25) is 5.91 Å². The second-order valence-electron chi connectivity index (χ2n) is 5.03. The molecule has 114 valence electrons. The highest BCUT2D eigenvalue weighted by molar-refractivity contribution is 5.77. The van der Waals surface area contributed by atoms with Crippen LogP contribution >= 0.6 is 0 Å². The molecule has 6 heteroatoms. The quantitative estimate of drug-likeness (QED) is 0.823. The van der Waals surface area contributed by atoms with Gasteiger partial charge in [0, 0.05) is 26.2 Å². The van der Waals surface area contributed by atoms with E-state index in [1.54, 1.807) is 4.90 Å². The summed E-state index contributed by atoms with van der Waals surface area (Å²) < 4.78 is 5.43. The van der Waals surface area contributed by atoms with Crippen LogP contribution in [0.25, 0.3) is 0 Å². The fourth-order valence-corrected chi connectivity index (χ4v) is 2.27. The standard InChI is InChI=1S/C15H20N2O4/c18-14(12-21-11-13-4-2-1-3-5-13)17-8-6-16(7-9-17)10-15(19)20/h1-5H,6-12H2,(H,19,20). The van der Waals surface area contributed by atoms with Gasteiger partial charge in [0.1, 0.15) is 6.61 Å². The molecule has 1 saturated heterocycles. The Hall–Kier alpha value is -1.92. The van der Waals surface area contributed by atoms with Gasteiger partial charge in [-0.15, -0.1) is 0 Å². The summed E-state index contributed by atoms with van der Waals surface area (Å²) in [5.41, 5.74) is 1.04. The highest BCUT2D eigenvalue weighted by Crippen LogP contribution is 2.04. The Bertz CT molecular complexity index is 470. The Morgan fingerprint density at radius 2 is 1.76 bits per heavy atom. The van der Waals surface area contributed by atoms with Crippen LogP contribution in [0.2, 0.25) is 0 Å². The summed E-state index contributed by atoms with van der Waals surface area (Å²) in [6, 6.07) is 9.71. The zero-order valence-electron chi connectivity index (χ0n) is 11.9. The van der Waals surface area contributed by atoms with Crippen molar-refractivity contribution in [2.45, 2.75) is 6.61 Å². The van der Waals surface area contributed by atoms with E-state index in [1.807, 2.05) is 35.2 Å². The second-order valence-corrected chi connectivity index (χ2v) is 5.03. The van der Waals surface area contributed by atoms with Crippen molar-refractivity contribution in [1.29, 1.82) is 0 Å². The molecule has 21 heavy (non-hydrogen) atoms. The first-order valence-electron chi connectivity index (χ1n) is 6.99. The van der Waals surface area contributed by atoms with Gasteiger partial charge in [0.25, 0.3) is 0 Å². The number of carboxylic acid groups (broad SMARTS) is 1. The molecule has 0 bridgehead atoms. The molecule has 0 aliphatic carbocycles. The molecule has 1 N–H and O–H groups in total. The number of piperazine rings is 1. The molecule has 1 aliphatic heterocycles. The number of benzene rings is 1. The van der Waals surface area contributed by atoms with Crippen LogP contribution in [-0.4, -0.2) is 66.1 Å². The van der Waals surface area contributed by atoms with Crippen LogP contribution < -0.4 is 0 Å². The summed E-state index contributed by atoms with van der Waals surface area (Å²) in [5.74, 6) is -0.873. The molecule has 0 unspecified atom stereocenters. The zero-order chi connectivity index (χ0) is 15.1. The number of amides is 1. The monoisotopic (exact) mass is 292 g/mol. The third-order valence-electron chi connectivity index (χ3n) is 3.42. The molecular weight excluding hydrogens is 272 g/mol. The Morgan fingerprint density at radius 1 is 1.10 bits per heavy atom. The molecule has 0 aromatic heterocycles. The second kappa shape index (κ2) is 7.75. The van der Waals surface area contributed by atoms with Crippen molar-refractivity contribution in [3.05, 3.63) is 35.9 Å². The number of rotatable bonds is 6. The first-order valence-corrected chi connectivity index (χ1v) is 6.99. The number of hydrogen-bond acceptors (Lipinski definition) is 4. The zero-order valence-corrected chi connectivity index (χ0v) is 11.9. The molecular formula is C15H20N2O4. The van der Waals surface area contributed by atoms with Crippen LogP contribution in [0, 0.1) is 0 Å². The van der Waals surface area contributed by atoms with Crippen molar-refractivity contribution < 1.29 is 19.4 Å². The van der Waals surface area contributed by atoms with Crippen LogP contribution in [0.1, 0.15) is 5.56 Å². The smallest absolute Gasteiger partial charge is 0.317 e. The van der Waals surface area contributed by atoms with Crippen LogP contribution in [0.3, 0.4) is 0 Å². The predicted octanol–water partition coefficient (Wildman–Crippen LogP) is 0.432. The summed E-state index contributed by atoms with van der Waals surface area (Å²) in [4.78, 5) is 26.2. The van der Waals surface area contributed by atoms with Crippen LogP contribution in [0.4, 0.5) is 0 Å². The minimum Gasteiger partial charge on any atom is -0.480 e. The molecule has 1 heterocycles. The molecule has 1 amide bonds. The first-order chi connectivity index (χ1) is 10.1.